The molecule has 124 valence electrons. The second-order valence-corrected chi connectivity index (χ2v) is 7.36. The van der Waals surface area contributed by atoms with Crippen LogP contribution in [-0.2, 0) is 4.74 Å². The molecule has 1 saturated carbocycles. The van der Waals surface area contributed by atoms with Gasteiger partial charge in [0, 0.05) is 18.1 Å². The minimum Gasteiger partial charge on any atom is -0.444 e. The zero-order chi connectivity index (χ0) is 16.0. The van der Waals surface area contributed by atoms with Crippen LogP contribution < -0.4 is 10.6 Å². The summed E-state index contributed by atoms with van der Waals surface area (Å²) in [5.74, 6) is 0. The monoisotopic (exact) mass is 300 g/mol. The lowest BCUT2D eigenvalue weighted by Gasteiger charge is -2.33. The Morgan fingerprint density at radius 1 is 1.29 bits per heavy atom. The maximum absolute atomic E-state index is 11.8. The molecule has 1 amide bonds. The minimum absolute atomic E-state index is 0.171. The molecule has 5 nitrogen and oxygen atoms in total. The SMILES string of the molecule is CC(O)CC(C)NC1CCCC(NC(=O)OC(C)(C)C)C1. The smallest absolute Gasteiger partial charge is 0.407 e. The number of ether oxygens (including phenoxy) is 1. The molecule has 21 heavy (non-hydrogen) atoms. The fraction of sp³-hybridized carbons (Fsp3) is 0.938. The number of amides is 1. The zero-order valence-electron chi connectivity index (χ0n) is 14.1. The summed E-state index contributed by atoms with van der Waals surface area (Å²) in [5.41, 5.74) is -0.456. The highest BCUT2D eigenvalue weighted by molar-refractivity contribution is 5.68. The maximum atomic E-state index is 11.8. The summed E-state index contributed by atoms with van der Waals surface area (Å²) >= 11 is 0. The summed E-state index contributed by atoms with van der Waals surface area (Å²) in [6, 6.07) is 0.854. The van der Waals surface area contributed by atoms with E-state index in [2.05, 4.69) is 17.6 Å². The van der Waals surface area contributed by atoms with Crippen LogP contribution in [0.1, 0.15) is 66.7 Å². The highest BCUT2D eigenvalue weighted by Gasteiger charge is 2.26. The highest BCUT2D eigenvalue weighted by atomic mass is 16.6. The van der Waals surface area contributed by atoms with Gasteiger partial charge in [0.1, 0.15) is 5.60 Å². The van der Waals surface area contributed by atoms with Crippen molar-refractivity contribution in [3.05, 3.63) is 0 Å². The van der Waals surface area contributed by atoms with Gasteiger partial charge in [-0.2, -0.15) is 0 Å². The lowest BCUT2D eigenvalue weighted by atomic mass is 9.90. The highest BCUT2D eigenvalue weighted by Crippen LogP contribution is 2.20. The Labute approximate surface area is 128 Å². The third-order valence-electron chi connectivity index (χ3n) is 3.61. The molecule has 3 N–H and O–H groups in total. The zero-order valence-corrected chi connectivity index (χ0v) is 14.1. The Morgan fingerprint density at radius 2 is 1.90 bits per heavy atom. The Balaban J connectivity index is 2.36. The van der Waals surface area contributed by atoms with E-state index in [4.69, 9.17) is 4.74 Å². The van der Waals surface area contributed by atoms with Gasteiger partial charge in [0.2, 0.25) is 0 Å². The van der Waals surface area contributed by atoms with E-state index in [0.29, 0.717) is 6.04 Å². The molecule has 5 heteroatoms. The molecule has 0 aromatic rings. The minimum atomic E-state index is -0.456. The van der Waals surface area contributed by atoms with Crippen molar-refractivity contribution < 1.29 is 14.6 Å². The Hall–Kier alpha value is -0.810. The number of rotatable bonds is 5. The Morgan fingerprint density at radius 3 is 2.48 bits per heavy atom. The van der Waals surface area contributed by atoms with Crippen molar-refractivity contribution in [1.82, 2.24) is 10.6 Å². The van der Waals surface area contributed by atoms with Crippen LogP contribution in [-0.4, -0.2) is 41.0 Å². The topological polar surface area (TPSA) is 70.6 Å². The predicted molar refractivity (Wildman–Crippen MR) is 84.3 cm³/mol. The quantitative estimate of drug-likeness (QED) is 0.730. The molecule has 1 aliphatic carbocycles. The van der Waals surface area contributed by atoms with Crippen LogP contribution in [0.5, 0.6) is 0 Å². The van der Waals surface area contributed by atoms with Crippen LogP contribution in [0.25, 0.3) is 0 Å². The van der Waals surface area contributed by atoms with Gasteiger partial charge in [0.25, 0.3) is 0 Å². The van der Waals surface area contributed by atoms with Crippen molar-refractivity contribution in [3.8, 4) is 0 Å². The van der Waals surface area contributed by atoms with E-state index in [9.17, 15) is 9.90 Å². The average molecular weight is 300 g/mol. The first-order valence-electron chi connectivity index (χ1n) is 8.09. The molecule has 0 aromatic carbocycles. The molecule has 1 rings (SSSR count). The van der Waals surface area contributed by atoms with Crippen LogP contribution in [0.2, 0.25) is 0 Å². The van der Waals surface area contributed by atoms with E-state index in [-0.39, 0.29) is 24.3 Å². The number of hydrogen-bond donors (Lipinski definition) is 3. The summed E-state index contributed by atoms with van der Waals surface area (Å²) in [5, 5.41) is 15.9. The maximum Gasteiger partial charge on any atom is 0.407 e. The molecule has 1 fully saturated rings. The van der Waals surface area contributed by atoms with E-state index in [1.807, 2.05) is 27.7 Å². The number of aliphatic hydroxyl groups is 1. The van der Waals surface area contributed by atoms with Gasteiger partial charge in [0.15, 0.2) is 0 Å². The van der Waals surface area contributed by atoms with E-state index in [1.165, 1.54) is 0 Å². The third kappa shape index (κ3) is 8.27. The van der Waals surface area contributed by atoms with Crippen molar-refractivity contribution in [3.63, 3.8) is 0 Å². The van der Waals surface area contributed by atoms with Crippen molar-refractivity contribution in [2.45, 2.75) is 96.6 Å². The largest absolute Gasteiger partial charge is 0.444 e. The Bertz CT molecular complexity index is 326. The van der Waals surface area contributed by atoms with E-state index < -0.39 is 5.60 Å². The molecule has 0 saturated heterocycles. The summed E-state index contributed by atoms with van der Waals surface area (Å²) in [6.07, 6.45) is 4.28. The van der Waals surface area contributed by atoms with Crippen LogP contribution in [0, 0.1) is 0 Å². The van der Waals surface area contributed by atoms with Crippen molar-refractivity contribution >= 4 is 6.09 Å². The molecule has 1 aliphatic rings. The number of alkyl carbamates (subject to hydrolysis) is 1. The van der Waals surface area contributed by atoms with Crippen molar-refractivity contribution in [1.29, 1.82) is 0 Å². The summed E-state index contributed by atoms with van der Waals surface area (Å²) in [6.45, 7) is 9.52. The summed E-state index contributed by atoms with van der Waals surface area (Å²) < 4.78 is 5.31. The third-order valence-corrected chi connectivity index (χ3v) is 3.61. The number of aliphatic hydroxyl groups excluding tert-OH is 1. The van der Waals surface area contributed by atoms with Gasteiger partial charge in [-0.1, -0.05) is 0 Å². The van der Waals surface area contributed by atoms with Crippen LogP contribution >= 0.6 is 0 Å². The molecule has 0 bridgehead atoms. The van der Waals surface area contributed by atoms with Crippen molar-refractivity contribution in [2.24, 2.45) is 0 Å². The van der Waals surface area contributed by atoms with Crippen LogP contribution in [0.3, 0.4) is 0 Å². The lowest BCUT2D eigenvalue weighted by molar-refractivity contribution is 0.0488. The van der Waals surface area contributed by atoms with Gasteiger partial charge in [0.05, 0.1) is 6.10 Å². The fourth-order valence-electron chi connectivity index (χ4n) is 2.93. The van der Waals surface area contributed by atoms with Gasteiger partial charge >= 0.3 is 6.09 Å². The molecular formula is C16H32N2O3. The number of carbonyl (C=O) groups excluding carboxylic acids is 1. The number of nitrogens with one attached hydrogen (secondary N) is 2. The first-order valence-corrected chi connectivity index (χ1v) is 8.09. The molecule has 0 aliphatic heterocycles. The van der Waals surface area contributed by atoms with Gasteiger partial charge in [-0.3, -0.25) is 0 Å². The molecule has 4 atom stereocenters. The molecule has 0 spiro atoms. The van der Waals surface area contributed by atoms with Crippen molar-refractivity contribution in [2.75, 3.05) is 0 Å². The predicted octanol–water partition coefficient (Wildman–Crippen LogP) is 2.57. The van der Waals surface area contributed by atoms with Crippen LogP contribution in [0.15, 0.2) is 0 Å². The van der Waals surface area contributed by atoms with Gasteiger partial charge in [-0.25, -0.2) is 4.79 Å². The standard InChI is InChI=1S/C16H32N2O3/c1-11(9-12(2)19)17-13-7-6-8-14(10-13)18-15(20)21-16(3,4)5/h11-14,17,19H,6-10H2,1-5H3,(H,18,20). The first kappa shape index (κ1) is 18.2. The average Bonchev–Trinajstić information content (AvgIpc) is 2.24. The second-order valence-electron chi connectivity index (χ2n) is 7.36. The van der Waals surface area contributed by atoms with Crippen LogP contribution in [0.4, 0.5) is 4.79 Å². The molecule has 4 unspecified atom stereocenters. The van der Waals surface area contributed by atoms with E-state index in [0.717, 1.165) is 32.1 Å². The van der Waals surface area contributed by atoms with E-state index >= 15 is 0 Å². The van der Waals surface area contributed by atoms with Gasteiger partial charge < -0.3 is 20.5 Å². The van der Waals surface area contributed by atoms with E-state index in [1.54, 1.807) is 0 Å². The second kappa shape index (κ2) is 7.99. The molecular weight excluding hydrogens is 268 g/mol. The number of carbonyl (C=O) groups is 1. The van der Waals surface area contributed by atoms with Gasteiger partial charge in [-0.05, 0) is 66.7 Å². The van der Waals surface area contributed by atoms with Gasteiger partial charge in [-0.15, -0.1) is 0 Å². The normalized spacial score (nSPS) is 26.0. The molecule has 0 aromatic heterocycles. The lowest BCUT2D eigenvalue weighted by Crippen LogP contribution is -2.47. The first-order chi connectivity index (χ1) is 9.65. The molecule has 0 heterocycles. The summed E-state index contributed by atoms with van der Waals surface area (Å²) in [7, 11) is 0. The molecule has 0 radical (unpaired) electrons. The Kier molecular flexibility index (Phi) is 6.94. The fourth-order valence-corrected chi connectivity index (χ4v) is 2.93. The number of hydrogen-bond acceptors (Lipinski definition) is 4. The summed E-state index contributed by atoms with van der Waals surface area (Å²) in [4.78, 5) is 11.8.